The largest absolute Gasteiger partial charge is 0.493 e. The van der Waals surface area contributed by atoms with Crippen LogP contribution in [0.3, 0.4) is 0 Å². The molecule has 1 aromatic carbocycles. The van der Waals surface area contributed by atoms with E-state index in [-0.39, 0.29) is 18.0 Å². The molecule has 0 spiro atoms. The summed E-state index contributed by atoms with van der Waals surface area (Å²) in [5.74, 6) is 1.26. The highest BCUT2D eigenvalue weighted by Gasteiger charge is 2.30. The Morgan fingerprint density at radius 1 is 1.41 bits per heavy atom. The number of benzene rings is 1. The summed E-state index contributed by atoms with van der Waals surface area (Å²) in [6, 6.07) is 5.43. The van der Waals surface area contributed by atoms with Crippen LogP contribution >= 0.6 is 0 Å². The number of hydrogen-bond acceptors (Lipinski definition) is 4. The van der Waals surface area contributed by atoms with Crippen LogP contribution in [0.5, 0.6) is 11.5 Å². The van der Waals surface area contributed by atoms with Crippen LogP contribution in [0.1, 0.15) is 43.5 Å². The van der Waals surface area contributed by atoms with Crippen LogP contribution in [-0.2, 0) is 0 Å². The van der Waals surface area contributed by atoms with Gasteiger partial charge in [0.1, 0.15) is 0 Å². The minimum atomic E-state index is -0.0196. The summed E-state index contributed by atoms with van der Waals surface area (Å²) in [5.41, 5.74) is 6.67. The van der Waals surface area contributed by atoms with Crippen LogP contribution in [-0.4, -0.2) is 43.2 Å². The zero-order valence-corrected chi connectivity index (χ0v) is 13.7. The maximum Gasteiger partial charge on any atom is 0.254 e. The Hall–Kier alpha value is -1.75. The molecule has 122 valence electrons. The normalized spacial score (nSPS) is 19.6. The van der Waals surface area contributed by atoms with Crippen molar-refractivity contribution >= 4 is 5.91 Å². The summed E-state index contributed by atoms with van der Waals surface area (Å²) in [6.45, 7) is 5.21. The first-order valence-corrected chi connectivity index (χ1v) is 7.95. The Labute approximate surface area is 132 Å². The van der Waals surface area contributed by atoms with E-state index < -0.39 is 0 Å². The number of nitrogens with zero attached hydrogens (tertiary/aromatic N) is 1. The summed E-state index contributed by atoms with van der Waals surface area (Å²) in [6.07, 6.45) is 3.13. The lowest BCUT2D eigenvalue weighted by Crippen LogP contribution is -2.51. The fourth-order valence-corrected chi connectivity index (χ4v) is 3.00. The number of methoxy groups -OCH3 is 1. The molecule has 5 nitrogen and oxygen atoms in total. The minimum Gasteiger partial charge on any atom is -0.493 e. The number of hydrogen-bond donors (Lipinski definition) is 1. The number of rotatable bonds is 5. The first-order chi connectivity index (χ1) is 10.6. The van der Waals surface area contributed by atoms with Gasteiger partial charge >= 0.3 is 0 Å². The fourth-order valence-electron chi connectivity index (χ4n) is 3.00. The number of piperidine rings is 1. The zero-order chi connectivity index (χ0) is 16.1. The van der Waals surface area contributed by atoms with E-state index in [1.54, 1.807) is 25.3 Å². The van der Waals surface area contributed by atoms with Crippen molar-refractivity contribution < 1.29 is 14.3 Å². The molecule has 0 unspecified atom stereocenters. The van der Waals surface area contributed by atoms with Crippen molar-refractivity contribution in [1.82, 2.24) is 4.90 Å². The lowest BCUT2D eigenvalue weighted by molar-refractivity contribution is 0.0583. The Morgan fingerprint density at radius 2 is 2.18 bits per heavy atom. The highest BCUT2D eigenvalue weighted by molar-refractivity contribution is 5.95. The lowest BCUT2D eigenvalue weighted by atomic mass is 9.96. The van der Waals surface area contributed by atoms with Gasteiger partial charge in [0, 0.05) is 24.2 Å². The summed E-state index contributed by atoms with van der Waals surface area (Å²) in [5, 5.41) is 0. The van der Waals surface area contributed by atoms with Crippen LogP contribution in [0.2, 0.25) is 0 Å². The number of carbonyl (C=O) groups is 1. The molecule has 22 heavy (non-hydrogen) atoms. The molecule has 0 bridgehead atoms. The van der Waals surface area contributed by atoms with Gasteiger partial charge in [0.25, 0.3) is 5.91 Å². The van der Waals surface area contributed by atoms with Gasteiger partial charge in [-0.25, -0.2) is 0 Å². The molecule has 2 rings (SSSR count). The topological polar surface area (TPSA) is 64.8 Å². The third-order valence-electron chi connectivity index (χ3n) is 4.13. The van der Waals surface area contributed by atoms with E-state index in [0.29, 0.717) is 23.7 Å². The summed E-state index contributed by atoms with van der Waals surface area (Å²) >= 11 is 0. The van der Waals surface area contributed by atoms with Crippen molar-refractivity contribution in [2.45, 2.75) is 45.2 Å². The van der Waals surface area contributed by atoms with E-state index in [9.17, 15) is 4.79 Å². The van der Waals surface area contributed by atoms with Gasteiger partial charge in [-0.1, -0.05) is 0 Å². The Balaban J connectivity index is 2.24. The molecule has 1 amide bonds. The molecule has 0 saturated carbocycles. The van der Waals surface area contributed by atoms with Crippen LogP contribution in [0, 0.1) is 0 Å². The molecule has 0 radical (unpaired) electrons. The summed E-state index contributed by atoms with van der Waals surface area (Å²) < 4.78 is 10.8. The zero-order valence-electron chi connectivity index (χ0n) is 13.7. The summed E-state index contributed by atoms with van der Waals surface area (Å²) in [7, 11) is 1.58. The maximum atomic E-state index is 12.8. The fraction of sp³-hybridized carbons (Fsp3) is 0.588. The van der Waals surface area contributed by atoms with Gasteiger partial charge in [0.2, 0.25) is 0 Å². The van der Waals surface area contributed by atoms with Crippen molar-refractivity contribution in [3.63, 3.8) is 0 Å². The molecule has 0 aliphatic carbocycles. The van der Waals surface area contributed by atoms with Gasteiger partial charge < -0.3 is 20.1 Å². The van der Waals surface area contributed by atoms with Gasteiger partial charge in [-0.15, -0.1) is 0 Å². The second kappa shape index (κ2) is 7.49. The SMILES string of the molecule is CCOc1ccc(C(=O)N2CCCC[C@H]2[C@@H](C)N)cc1OC. The monoisotopic (exact) mass is 306 g/mol. The van der Waals surface area contributed by atoms with Crippen molar-refractivity contribution in [3.8, 4) is 11.5 Å². The molecule has 0 aromatic heterocycles. The first kappa shape index (κ1) is 16.6. The molecule has 1 aromatic rings. The first-order valence-electron chi connectivity index (χ1n) is 7.95. The van der Waals surface area contributed by atoms with Crippen LogP contribution in [0.4, 0.5) is 0 Å². The highest BCUT2D eigenvalue weighted by Crippen LogP contribution is 2.29. The Kier molecular flexibility index (Phi) is 5.66. The van der Waals surface area contributed by atoms with E-state index in [0.717, 1.165) is 25.8 Å². The highest BCUT2D eigenvalue weighted by atomic mass is 16.5. The van der Waals surface area contributed by atoms with E-state index in [1.165, 1.54) is 0 Å². The molecule has 2 atom stereocenters. The third-order valence-corrected chi connectivity index (χ3v) is 4.13. The number of nitrogens with two attached hydrogens (primary N) is 1. The standard InChI is InChI=1S/C17H26N2O3/c1-4-22-15-9-8-13(11-16(15)21-3)17(20)19-10-6-5-7-14(19)12(2)18/h8-9,11-12,14H,4-7,10,18H2,1-3H3/t12-,14+/m1/s1. The average Bonchev–Trinajstić information content (AvgIpc) is 2.54. The molecular weight excluding hydrogens is 280 g/mol. The summed E-state index contributed by atoms with van der Waals surface area (Å²) in [4.78, 5) is 14.7. The minimum absolute atomic E-state index is 0.0170. The van der Waals surface area contributed by atoms with Crippen molar-refractivity contribution in [3.05, 3.63) is 23.8 Å². The quantitative estimate of drug-likeness (QED) is 0.907. The van der Waals surface area contributed by atoms with Crippen LogP contribution in [0.25, 0.3) is 0 Å². The van der Waals surface area contributed by atoms with Crippen LogP contribution < -0.4 is 15.2 Å². The molecule has 5 heteroatoms. The van der Waals surface area contributed by atoms with Crippen LogP contribution in [0.15, 0.2) is 18.2 Å². The van der Waals surface area contributed by atoms with E-state index in [4.69, 9.17) is 15.2 Å². The van der Waals surface area contributed by atoms with Gasteiger partial charge in [0.15, 0.2) is 11.5 Å². The molecule has 1 aliphatic rings. The predicted octanol–water partition coefficient (Wildman–Crippen LogP) is 2.44. The predicted molar refractivity (Wildman–Crippen MR) is 86.5 cm³/mol. The molecule has 1 heterocycles. The second-order valence-corrected chi connectivity index (χ2v) is 5.72. The lowest BCUT2D eigenvalue weighted by Gasteiger charge is -2.38. The molecule has 1 fully saturated rings. The molecule has 2 N–H and O–H groups in total. The van der Waals surface area contributed by atoms with Gasteiger partial charge in [-0.05, 0) is 51.3 Å². The number of ether oxygens (including phenoxy) is 2. The van der Waals surface area contributed by atoms with Crippen molar-refractivity contribution in [1.29, 1.82) is 0 Å². The number of carbonyl (C=O) groups excluding carboxylic acids is 1. The molecule has 1 aliphatic heterocycles. The maximum absolute atomic E-state index is 12.8. The van der Waals surface area contributed by atoms with Gasteiger partial charge in [0.05, 0.1) is 13.7 Å². The van der Waals surface area contributed by atoms with Gasteiger partial charge in [-0.2, -0.15) is 0 Å². The molecule has 1 saturated heterocycles. The Morgan fingerprint density at radius 3 is 2.82 bits per heavy atom. The van der Waals surface area contributed by atoms with Gasteiger partial charge in [-0.3, -0.25) is 4.79 Å². The number of amides is 1. The average molecular weight is 306 g/mol. The smallest absolute Gasteiger partial charge is 0.254 e. The Bertz CT molecular complexity index is 517. The third kappa shape index (κ3) is 3.53. The van der Waals surface area contributed by atoms with Crippen molar-refractivity contribution in [2.24, 2.45) is 5.73 Å². The second-order valence-electron chi connectivity index (χ2n) is 5.72. The van der Waals surface area contributed by atoms with E-state index in [2.05, 4.69) is 0 Å². The number of likely N-dealkylation sites (tertiary alicyclic amines) is 1. The van der Waals surface area contributed by atoms with Crippen molar-refractivity contribution in [2.75, 3.05) is 20.3 Å². The van der Waals surface area contributed by atoms with E-state index in [1.807, 2.05) is 18.7 Å². The molecular formula is C17H26N2O3. The van der Waals surface area contributed by atoms with E-state index >= 15 is 0 Å².